The fourth-order valence-electron chi connectivity index (χ4n) is 3.07. The van der Waals surface area contributed by atoms with Crippen LogP contribution < -0.4 is 5.32 Å². The Bertz CT molecular complexity index is 1160. The molecule has 4 rings (SSSR count). The summed E-state index contributed by atoms with van der Waals surface area (Å²) in [5, 5.41) is 2.34. The number of aryl methyl sites for hydroxylation is 1. The standard InChI is InChI=1S/C23H19N3O4S/c1-15-19(25-21(30-15)17-10-6-3-7-11-17)20(27)24-12-13-26-22(28)18(31-23(26)29)14-16-8-4-2-5-9-16/h2-11,14H,12-13H2,1H3,(H,24,27)/b18-14+. The third-order valence-corrected chi connectivity index (χ3v) is 5.53. The summed E-state index contributed by atoms with van der Waals surface area (Å²) < 4.78 is 5.60. The highest BCUT2D eigenvalue weighted by Gasteiger charge is 2.34. The monoisotopic (exact) mass is 433 g/mol. The van der Waals surface area contributed by atoms with Crippen LogP contribution in [0.2, 0.25) is 0 Å². The Labute approximate surface area is 183 Å². The van der Waals surface area contributed by atoms with Gasteiger partial charge in [-0.3, -0.25) is 19.3 Å². The number of rotatable bonds is 6. The van der Waals surface area contributed by atoms with E-state index in [1.165, 1.54) is 0 Å². The van der Waals surface area contributed by atoms with Crippen molar-refractivity contribution in [3.05, 3.63) is 82.6 Å². The van der Waals surface area contributed by atoms with E-state index < -0.39 is 5.91 Å². The minimum absolute atomic E-state index is 0.0744. The molecule has 0 unspecified atom stereocenters. The van der Waals surface area contributed by atoms with Crippen LogP contribution in [0, 0.1) is 6.92 Å². The quantitative estimate of drug-likeness (QED) is 0.588. The van der Waals surface area contributed by atoms with E-state index in [1.807, 2.05) is 60.7 Å². The number of hydrogen-bond acceptors (Lipinski definition) is 6. The second-order valence-corrected chi connectivity index (χ2v) is 7.78. The average Bonchev–Trinajstić information content (AvgIpc) is 3.30. The first-order valence-corrected chi connectivity index (χ1v) is 10.5. The first-order valence-electron chi connectivity index (χ1n) is 9.64. The van der Waals surface area contributed by atoms with Gasteiger partial charge >= 0.3 is 0 Å². The lowest BCUT2D eigenvalue weighted by atomic mass is 10.2. The van der Waals surface area contributed by atoms with Gasteiger partial charge in [-0.25, -0.2) is 4.98 Å². The Morgan fingerprint density at radius 3 is 2.48 bits per heavy atom. The molecular weight excluding hydrogens is 414 g/mol. The van der Waals surface area contributed by atoms with Gasteiger partial charge in [-0.15, -0.1) is 0 Å². The van der Waals surface area contributed by atoms with Gasteiger partial charge in [0.05, 0.1) is 4.91 Å². The number of hydrogen-bond donors (Lipinski definition) is 1. The van der Waals surface area contributed by atoms with Crippen molar-refractivity contribution < 1.29 is 18.8 Å². The van der Waals surface area contributed by atoms with Crippen molar-refractivity contribution in [3.8, 4) is 11.5 Å². The van der Waals surface area contributed by atoms with Gasteiger partial charge in [0.15, 0.2) is 5.69 Å². The van der Waals surface area contributed by atoms with Gasteiger partial charge < -0.3 is 9.73 Å². The number of aromatic nitrogens is 1. The highest BCUT2D eigenvalue weighted by Crippen LogP contribution is 2.31. The van der Waals surface area contributed by atoms with Crippen molar-refractivity contribution in [1.82, 2.24) is 15.2 Å². The van der Waals surface area contributed by atoms with E-state index >= 15 is 0 Å². The van der Waals surface area contributed by atoms with Gasteiger partial charge in [0.1, 0.15) is 5.76 Å². The molecule has 1 aliphatic heterocycles. The Hall–Kier alpha value is -3.65. The second-order valence-electron chi connectivity index (χ2n) is 6.79. The molecule has 0 bridgehead atoms. The van der Waals surface area contributed by atoms with Crippen LogP contribution in [-0.4, -0.2) is 40.0 Å². The number of carbonyl (C=O) groups excluding carboxylic acids is 3. The first kappa shape index (κ1) is 20.6. The summed E-state index contributed by atoms with van der Waals surface area (Å²) in [5.74, 6) is -0.0270. The fraction of sp³-hybridized carbons (Fsp3) is 0.130. The molecule has 3 aromatic rings. The number of oxazole rings is 1. The van der Waals surface area contributed by atoms with Crippen molar-refractivity contribution in [2.75, 3.05) is 13.1 Å². The third kappa shape index (κ3) is 4.59. The lowest BCUT2D eigenvalue weighted by Crippen LogP contribution is -2.37. The largest absolute Gasteiger partial charge is 0.441 e. The smallest absolute Gasteiger partial charge is 0.293 e. The van der Waals surface area contributed by atoms with E-state index in [2.05, 4.69) is 10.3 Å². The van der Waals surface area contributed by atoms with Crippen LogP contribution in [0.25, 0.3) is 17.5 Å². The number of carbonyl (C=O) groups is 3. The topological polar surface area (TPSA) is 92.5 Å². The number of imide groups is 1. The Morgan fingerprint density at radius 2 is 1.77 bits per heavy atom. The van der Waals surface area contributed by atoms with Crippen LogP contribution in [-0.2, 0) is 4.79 Å². The minimum atomic E-state index is -0.421. The normalized spacial score (nSPS) is 15.0. The number of nitrogens with one attached hydrogen (secondary N) is 1. The molecule has 3 amide bonds. The lowest BCUT2D eigenvalue weighted by molar-refractivity contribution is -0.122. The van der Waals surface area contributed by atoms with Crippen molar-refractivity contribution in [2.45, 2.75) is 6.92 Å². The lowest BCUT2D eigenvalue weighted by Gasteiger charge is -2.12. The third-order valence-electron chi connectivity index (χ3n) is 4.62. The number of nitrogens with zero attached hydrogens (tertiary/aromatic N) is 2. The average molecular weight is 433 g/mol. The first-order chi connectivity index (χ1) is 15.0. The van der Waals surface area contributed by atoms with Gasteiger partial charge in [-0.2, -0.15) is 0 Å². The van der Waals surface area contributed by atoms with E-state index in [0.717, 1.165) is 27.8 Å². The Balaban J connectivity index is 1.37. The SMILES string of the molecule is Cc1oc(-c2ccccc2)nc1C(=O)NCCN1C(=O)S/C(=C/c2ccccc2)C1=O. The molecule has 1 N–H and O–H groups in total. The Kier molecular flexibility index (Phi) is 5.99. The number of benzene rings is 2. The summed E-state index contributed by atoms with van der Waals surface area (Å²) in [6.07, 6.45) is 1.69. The molecule has 1 aromatic heterocycles. The molecule has 31 heavy (non-hydrogen) atoms. The van der Waals surface area contributed by atoms with E-state index in [9.17, 15) is 14.4 Å². The maximum Gasteiger partial charge on any atom is 0.293 e. The second kappa shape index (κ2) is 9.01. The molecule has 2 heterocycles. The molecule has 0 radical (unpaired) electrons. The zero-order valence-corrected chi connectivity index (χ0v) is 17.5. The summed E-state index contributed by atoms with van der Waals surface area (Å²) >= 11 is 0.894. The van der Waals surface area contributed by atoms with E-state index in [4.69, 9.17) is 4.42 Å². The molecule has 156 valence electrons. The summed E-state index contributed by atoms with van der Waals surface area (Å²) in [4.78, 5) is 43.1. The van der Waals surface area contributed by atoms with Crippen LogP contribution in [0.4, 0.5) is 4.79 Å². The molecule has 1 aliphatic rings. The van der Waals surface area contributed by atoms with Crippen LogP contribution in [0.1, 0.15) is 21.8 Å². The predicted octanol–water partition coefficient (Wildman–Crippen LogP) is 4.12. The van der Waals surface area contributed by atoms with Crippen LogP contribution in [0.15, 0.2) is 70.0 Å². The summed E-state index contributed by atoms with van der Waals surface area (Å²) in [5.41, 5.74) is 1.79. The molecule has 0 atom stereocenters. The van der Waals surface area contributed by atoms with E-state index in [1.54, 1.807) is 13.0 Å². The minimum Gasteiger partial charge on any atom is -0.441 e. The maximum atomic E-state index is 12.6. The van der Waals surface area contributed by atoms with Gasteiger partial charge in [0.25, 0.3) is 17.1 Å². The van der Waals surface area contributed by atoms with Gasteiger partial charge in [-0.1, -0.05) is 48.5 Å². The molecule has 0 spiro atoms. The molecular formula is C23H19N3O4S. The fourth-order valence-corrected chi connectivity index (χ4v) is 3.93. The van der Waals surface area contributed by atoms with Crippen LogP contribution >= 0.6 is 11.8 Å². The number of thioether (sulfide) groups is 1. The van der Waals surface area contributed by atoms with Crippen molar-refractivity contribution in [2.24, 2.45) is 0 Å². The van der Waals surface area contributed by atoms with E-state index in [-0.39, 0.29) is 29.9 Å². The van der Waals surface area contributed by atoms with Gasteiger partial charge in [-0.05, 0) is 42.5 Å². The molecule has 8 heteroatoms. The molecule has 7 nitrogen and oxygen atoms in total. The maximum absolute atomic E-state index is 12.6. The van der Waals surface area contributed by atoms with Gasteiger partial charge in [0.2, 0.25) is 5.89 Å². The highest BCUT2D eigenvalue weighted by molar-refractivity contribution is 8.18. The zero-order chi connectivity index (χ0) is 21.8. The van der Waals surface area contributed by atoms with Crippen molar-refractivity contribution in [1.29, 1.82) is 0 Å². The Morgan fingerprint density at radius 1 is 1.10 bits per heavy atom. The summed E-state index contributed by atoms with van der Waals surface area (Å²) in [7, 11) is 0. The number of amides is 3. The summed E-state index contributed by atoms with van der Waals surface area (Å²) in [6.45, 7) is 1.85. The van der Waals surface area contributed by atoms with Crippen molar-refractivity contribution >= 4 is 34.9 Å². The predicted molar refractivity (Wildman–Crippen MR) is 118 cm³/mol. The molecule has 0 saturated carbocycles. The summed E-state index contributed by atoms with van der Waals surface area (Å²) in [6, 6.07) is 18.6. The molecule has 2 aromatic carbocycles. The van der Waals surface area contributed by atoms with Crippen molar-refractivity contribution in [3.63, 3.8) is 0 Å². The molecule has 1 saturated heterocycles. The highest BCUT2D eigenvalue weighted by atomic mass is 32.2. The van der Waals surface area contributed by atoms with Crippen LogP contribution in [0.3, 0.4) is 0 Å². The zero-order valence-electron chi connectivity index (χ0n) is 16.7. The van der Waals surface area contributed by atoms with Gasteiger partial charge in [0, 0.05) is 18.7 Å². The molecule has 1 fully saturated rings. The van der Waals surface area contributed by atoms with E-state index in [0.29, 0.717) is 16.6 Å². The molecule has 0 aliphatic carbocycles. The van der Waals surface area contributed by atoms with Crippen LogP contribution in [0.5, 0.6) is 0 Å².